The Morgan fingerprint density at radius 1 is 0.597 bits per heavy atom. The van der Waals surface area contributed by atoms with Gasteiger partial charge in [0.05, 0.1) is 18.5 Å². The van der Waals surface area contributed by atoms with Crippen molar-refractivity contribution >= 4 is 22.1 Å². The molecule has 0 spiro atoms. The maximum absolute atomic E-state index is 9.03. The molecule has 0 saturated heterocycles. The molecule has 0 bridgehead atoms. The zero-order valence-corrected chi connectivity index (χ0v) is 40.2. The molecule has 0 saturated carbocycles. The van der Waals surface area contributed by atoms with Crippen molar-refractivity contribution in [3.05, 3.63) is 155 Å². The van der Waals surface area contributed by atoms with E-state index in [4.69, 9.17) is 19.0 Å². The van der Waals surface area contributed by atoms with Crippen LogP contribution < -0.4 is 0 Å². The Morgan fingerprint density at radius 2 is 1.31 bits per heavy atom. The summed E-state index contributed by atoms with van der Waals surface area (Å²) in [6.45, 7) is 20.2. The van der Waals surface area contributed by atoms with E-state index in [1.165, 1.54) is 17.3 Å². The van der Waals surface area contributed by atoms with E-state index in [0.717, 1.165) is 39.1 Å². The number of benzene rings is 4. The Labute approximate surface area is 393 Å². The number of pyridine rings is 2. The minimum Gasteiger partial charge on any atom is -0.486 e. The minimum absolute atomic E-state index is 0. The standard InChI is InChI=1S/C42H45N2O.C14H15N2.Ir/c1-25-19-28(40(3,4)5)15-16-31(25)35-23-37(43-24-26(35)2)34-14-12-13-32-33-17-18-36(44-39(33)45-38(32)34)27-20-29(41(6,7)8)22-30(21-27)42(9,10)11;1-14(2,3)12-9-10-15-13(16-12)11-7-5-4-6-8-11;/h12-13,15-24H,1-11H3;4-7,9-10H,1-3H3;/q2*-1;/i1D3,2D3,16D;;. The van der Waals surface area contributed by atoms with E-state index in [2.05, 4.69) is 108 Å². The van der Waals surface area contributed by atoms with Crippen molar-refractivity contribution in [2.24, 2.45) is 0 Å². The predicted octanol–water partition coefficient (Wildman–Crippen LogP) is 14.9. The summed E-state index contributed by atoms with van der Waals surface area (Å²) in [5.41, 5.74) is 7.95. The number of fused-ring (bicyclic) bond motifs is 3. The summed E-state index contributed by atoms with van der Waals surface area (Å²) < 4.78 is 65.7. The average Bonchev–Trinajstić information content (AvgIpc) is 3.63. The fourth-order valence-electron chi connectivity index (χ4n) is 7.01. The van der Waals surface area contributed by atoms with Crippen LogP contribution in [0.4, 0.5) is 0 Å². The van der Waals surface area contributed by atoms with E-state index >= 15 is 0 Å². The van der Waals surface area contributed by atoms with Gasteiger partial charge < -0.3 is 9.40 Å². The fourth-order valence-corrected chi connectivity index (χ4v) is 7.01. The van der Waals surface area contributed by atoms with E-state index < -0.39 is 19.1 Å². The zero-order valence-electron chi connectivity index (χ0n) is 44.8. The van der Waals surface area contributed by atoms with Crippen molar-refractivity contribution in [2.75, 3.05) is 0 Å². The van der Waals surface area contributed by atoms with Gasteiger partial charge in [-0.1, -0.05) is 124 Å². The van der Waals surface area contributed by atoms with Crippen molar-refractivity contribution < 1.29 is 34.1 Å². The number of aromatic nitrogens is 4. The van der Waals surface area contributed by atoms with Gasteiger partial charge in [0.1, 0.15) is 0 Å². The summed E-state index contributed by atoms with van der Waals surface area (Å²) in [5, 5.41) is 1.58. The Bertz CT molecular complexity index is 3120. The molecule has 1 radical (unpaired) electrons. The van der Waals surface area contributed by atoms with Crippen LogP contribution in [0.1, 0.15) is 126 Å². The average molecular weight is 1000 g/mol. The second-order valence-corrected chi connectivity index (χ2v) is 19.9. The van der Waals surface area contributed by atoms with Gasteiger partial charge in [-0.3, -0.25) is 9.97 Å². The van der Waals surface area contributed by atoms with Crippen LogP contribution in [0.15, 0.2) is 114 Å². The topological polar surface area (TPSA) is 64.7 Å². The number of furan rings is 1. The van der Waals surface area contributed by atoms with Gasteiger partial charge >= 0.3 is 0 Å². The molecular weight excluding hydrogens is 937 g/mol. The van der Waals surface area contributed by atoms with E-state index in [-0.39, 0.29) is 64.6 Å². The third-order valence-electron chi connectivity index (χ3n) is 10.9. The van der Waals surface area contributed by atoms with Crippen LogP contribution in [0.5, 0.6) is 0 Å². The molecule has 0 aliphatic carbocycles. The monoisotopic (exact) mass is 1000 g/mol. The molecule has 4 heterocycles. The molecule has 0 aliphatic heterocycles. The van der Waals surface area contributed by atoms with Gasteiger partial charge in [0.25, 0.3) is 0 Å². The smallest absolute Gasteiger partial charge is 0.216 e. The Balaban J connectivity index is 0.000000388. The second kappa shape index (κ2) is 17.5. The molecule has 0 N–H and O–H groups in total. The van der Waals surface area contributed by atoms with Gasteiger partial charge in [-0.15, -0.1) is 54.1 Å². The van der Waals surface area contributed by atoms with Gasteiger partial charge in [-0.25, -0.2) is 4.98 Å². The van der Waals surface area contributed by atoms with Gasteiger partial charge in [0.15, 0.2) is 0 Å². The predicted molar refractivity (Wildman–Crippen MR) is 255 cm³/mol. The first-order valence-corrected chi connectivity index (χ1v) is 20.8. The van der Waals surface area contributed by atoms with Crippen molar-refractivity contribution in [1.29, 1.82) is 0 Å². The normalized spacial score (nSPS) is 14.3. The van der Waals surface area contributed by atoms with E-state index in [1.807, 2.05) is 75.5 Å². The fraction of sp³-hybridized carbons (Fsp3) is 0.321. The third-order valence-corrected chi connectivity index (χ3v) is 10.9. The maximum atomic E-state index is 9.03. The van der Waals surface area contributed by atoms with Crippen LogP contribution in [0, 0.1) is 25.8 Å². The molecule has 0 atom stereocenters. The first-order valence-electron chi connectivity index (χ1n) is 24.3. The van der Waals surface area contributed by atoms with Crippen LogP contribution in [0.2, 0.25) is 0 Å². The Morgan fingerprint density at radius 3 is 1.94 bits per heavy atom. The SMILES string of the molecule is CC(C)(C)c1ccnc(-c2[c-]cccc2)n1.[2H]c1cc(C(C)(C)C)cc(C([2H])([2H])[2H])c1-c1cc(-c2[c-]ccc3c2oc2nc(-c4cc(C(C)(C)C)cc(C(C)(C)C)c4)ccc23)ncc1C([2H])([2H])[2H].[Ir]. The third kappa shape index (κ3) is 9.99. The van der Waals surface area contributed by atoms with Crippen LogP contribution in [0.3, 0.4) is 0 Å². The Hall–Kier alpha value is -5.29. The first kappa shape index (κ1) is 37.3. The van der Waals surface area contributed by atoms with E-state index in [9.17, 15) is 0 Å². The summed E-state index contributed by atoms with van der Waals surface area (Å²) in [6.07, 6.45) is 3.06. The molecule has 8 aromatic rings. The van der Waals surface area contributed by atoms with E-state index in [0.29, 0.717) is 28.1 Å². The van der Waals surface area contributed by atoms with Crippen LogP contribution in [-0.4, -0.2) is 19.9 Å². The largest absolute Gasteiger partial charge is 0.486 e. The molecular formula is C56H60IrN4O-2. The number of nitrogens with zero attached hydrogens (tertiary/aromatic N) is 4. The molecule has 62 heavy (non-hydrogen) atoms. The van der Waals surface area contributed by atoms with Crippen molar-refractivity contribution in [3.8, 4) is 45.0 Å². The summed E-state index contributed by atoms with van der Waals surface area (Å²) in [5.74, 6) is 0.744. The van der Waals surface area contributed by atoms with Crippen LogP contribution >= 0.6 is 0 Å². The molecule has 5 nitrogen and oxygen atoms in total. The Kier molecular flexibility index (Phi) is 10.5. The molecule has 0 unspecified atom stereocenters. The molecule has 0 amide bonds. The number of hydrogen-bond donors (Lipinski definition) is 0. The molecule has 0 aliphatic rings. The van der Waals surface area contributed by atoms with E-state index in [1.54, 1.807) is 24.3 Å². The van der Waals surface area contributed by atoms with Gasteiger partial charge in [-0.05, 0) is 105 Å². The summed E-state index contributed by atoms with van der Waals surface area (Å²) in [4.78, 5) is 18.4. The molecule has 4 aromatic heterocycles. The summed E-state index contributed by atoms with van der Waals surface area (Å²) in [7, 11) is 0. The van der Waals surface area contributed by atoms with Gasteiger partial charge in [0.2, 0.25) is 5.71 Å². The molecule has 4 aromatic carbocycles. The number of rotatable bonds is 4. The van der Waals surface area contributed by atoms with Crippen molar-refractivity contribution in [3.63, 3.8) is 0 Å². The van der Waals surface area contributed by atoms with Gasteiger partial charge in [0, 0.05) is 62.8 Å². The second-order valence-electron chi connectivity index (χ2n) is 19.9. The molecule has 6 heteroatoms. The molecule has 321 valence electrons. The summed E-state index contributed by atoms with van der Waals surface area (Å²) >= 11 is 0. The molecule has 0 fully saturated rings. The van der Waals surface area contributed by atoms with Crippen LogP contribution in [-0.2, 0) is 41.8 Å². The van der Waals surface area contributed by atoms with Crippen LogP contribution in [0.25, 0.3) is 67.1 Å². The first-order chi connectivity index (χ1) is 31.4. The quantitative estimate of drug-likeness (QED) is 0.164. The summed E-state index contributed by atoms with van der Waals surface area (Å²) in [6, 6.07) is 35.0. The maximum Gasteiger partial charge on any atom is 0.216 e. The van der Waals surface area contributed by atoms with Crippen molar-refractivity contribution in [2.45, 2.75) is 118 Å². The number of hydrogen-bond acceptors (Lipinski definition) is 5. The number of aryl methyl sites for hydroxylation is 2. The molecule has 8 rings (SSSR count). The zero-order chi connectivity index (χ0) is 49.9. The van der Waals surface area contributed by atoms with Gasteiger partial charge in [-0.2, -0.15) is 0 Å². The minimum atomic E-state index is -2.63. The van der Waals surface area contributed by atoms with Crippen molar-refractivity contribution in [1.82, 2.24) is 19.9 Å².